The van der Waals surface area contributed by atoms with Crippen LogP contribution in [-0.2, 0) is 4.79 Å². The summed E-state index contributed by atoms with van der Waals surface area (Å²) in [6, 6.07) is 0. The minimum atomic E-state index is -0.0566. The lowest BCUT2D eigenvalue weighted by molar-refractivity contribution is -0.114. The Labute approximate surface area is 109 Å². The third-order valence-corrected chi connectivity index (χ3v) is 4.51. The normalized spacial score (nSPS) is 27.9. The summed E-state index contributed by atoms with van der Waals surface area (Å²) in [6.45, 7) is 5.45. The van der Waals surface area contributed by atoms with Gasteiger partial charge >= 0.3 is 0 Å². The van der Waals surface area contributed by atoms with Crippen molar-refractivity contribution in [1.29, 1.82) is 0 Å². The molecule has 0 bridgehead atoms. The lowest BCUT2D eigenvalue weighted by Crippen LogP contribution is -2.52. The van der Waals surface area contributed by atoms with Gasteiger partial charge in [-0.15, -0.1) is 0 Å². The molecule has 1 saturated heterocycles. The molecule has 0 aromatic carbocycles. The van der Waals surface area contributed by atoms with Crippen LogP contribution in [0.15, 0.2) is 23.8 Å². The van der Waals surface area contributed by atoms with E-state index in [2.05, 4.69) is 28.0 Å². The van der Waals surface area contributed by atoms with Crippen LogP contribution in [0.5, 0.6) is 0 Å². The number of aldehydes is 1. The van der Waals surface area contributed by atoms with E-state index in [9.17, 15) is 4.79 Å². The van der Waals surface area contributed by atoms with E-state index in [1.54, 1.807) is 5.57 Å². The Bertz CT molecular complexity index is 374. The van der Waals surface area contributed by atoms with E-state index in [-0.39, 0.29) is 5.54 Å². The molecule has 3 rings (SSSR count). The Morgan fingerprint density at radius 1 is 1.22 bits per heavy atom. The van der Waals surface area contributed by atoms with Crippen molar-refractivity contribution in [2.75, 3.05) is 32.7 Å². The van der Waals surface area contributed by atoms with Gasteiger partial charge in [-0.1, -0.05) is 23.8 Å². The molecule has 0 radical (unpaired) electrons. The van der Waals surface area contributed by atoms with Gasteiger partial charge < -0.3 is 4.79 Å². The van der Waals surface area contributed by atoms with Crippen LogP contribution in [-0.4, -0.2) is 54.3 Å². The molecule has 3 nitrogen and oxygen atoms in total. The summed E-state index contributed by atoms with van der Waals surface area (Å²) in [6.07, 6.45) is 12.4. The first-order chi connectivity index (χ1) is 8.82. The van der Waals surface area contributed by atoms with Crippen LogP contribution in [0, 0.1) is 0 Å². The first-order valence-electron chi connectivity index (χ1n) is 7.11. The third kappa shape index (κ3) is 2.43. The first-order valence-corrected chi connectivity index (χ1v) is 7.11. The lowest BCUT2D eigenvalue weighted by atomic mass is 10.0. The van der Waals surface area contributed by atoms with Gasteiger partial charge in [-0.25, -0.2) is 0 Å². The van der Waals surface area contributed by atoms with Crippen LogP contribution in [0.4, 0.5) is 0 Å². The lowest BCUT2D eigenvalue weighted by Gasteiger charge is -2.38. The molecule has 1 heterocycles. The van der Waals surface area contributed by atoms with Gasteiger partial charge in [0.25, 0.3) is 0 Å². The van der Waals surface area contributed by atoms with Gasteiger partial charge in [0, 0.05) is 32.7 Å². The number of piperazine rings is 1. The van der Waals surface area contributed by atoms with E-state index in [0.717, 1.165) is 45.6 Å². The van der Waals surface area contributed by atoms with Crippen LogP contribution in [0.25, 0.3) is 0 Å². The second-order valence-electron chi connectivity index (χ2n) is 5.78. The van der Waals surface area contributed by atoms with Crippen molar-refractivity contribution in [3.63, 3.8) is 0 Å². The highest BCUT2D eigenvalue weighted by molar-refractivity contribution is 5.68. The van der Waals surface area contributed by atoms with Crippen molar-refractivity contribution in [2.24, 2.45) is 0 Å². The number of carbonyl (C=O) groups is 1. The molecular formula is C15H22N2O. The van der Waals surface area contributed by atoms with Crippen molar-refractivity contribution >= 4 is 6.29 Å². The molecule has 0 aromatic rings. The van der Waals surface area contributed by atoms with Gasteiger partial charge in [0.1, 0.15) is 6.29 Å². The Kier molecular flexibility index (Phi) is 3.35. The standard InChI is InChI=1S/C15H22N2O/c18-13-15(6-7-15)17-10-8-16(9-11-17)12-14-4-2-1-3-5-14/h1-2,4,13H,3,5-12H2. The highest BCUT2D eigenvalue weighted by Crippen LogP contribution is 2.40. The molecule has 0 N–H and O–H groups in total. The largest absolute Gasteiger partial charge is 0.301 e. The molecule has 0 unspecified atom stereocenters. The summed E-state index contributed by atoms with van der Waals surface area (Å²) in [5.74, 6) is 0. The highest BCUT2D eigenvalue weighted by atomic mass is 16.1. The predicted octanol–water partition coefficient (Wildman–Crippen LogP) is 1.61. The van der Waals surface area contributed by atoms with Crippen LogP contribution < -0.4 is 0 Å². The van der Waals surface area contributed by atoms with E-state index in [0.29, 0.717) is 0 Å². The Morgan fingerprint density at radius 2 is 2.00 bits per heavy atom. The van der Waals surface area contributed by atoms with Crippen molar-refractivity contribution < 1.29 is 4.79 Å². The van der Waals surface area contributed by atoms with Gasteiger partial charge in [-0.3, -0.25) is 9.80 Å². The number of hydrogen-bond donors (Lipinski definition) is 0. The summed E-state index contributed by atoms with van der Waals surface area (Å²) in [4.78, 5) is 16.0. The summed E-state index contributed by atoms with van der Waals surface area (Å²) in [5.41, 5.74) is 1.50. The molecule has 0 aromatic heterocycles. The van der Waals surface area contributed by atoms with Crippen LogP contribution in [0.2, 0.25) is 0 Å². The minimum absolute atomic E-state index is 0.0566. The predicted molar refractivity (Wildman–Crippen MR) is 72.5 cm³/mol. The highest BCUT2D eigenvalue weighted by Gasteiger charge is 2.48. The smallest absolute Gasteiger partial charge is 0.140 e. The average Bonchev–Trinajstić information content (AvgIpc) is 3.22. The molecule has 0 spiro atoms. The SMILES string of the molecule is O=CC1(N2CCN(CC3=CC=CCC3)CC2)CC1. The summed E-state index contributed by atoms with van der Waals surface area (Å²) >= 11 is 0. The van der Waals surface area contributed by atoms with Crippen LogP contribution in [0.3, 0.4) is 0 Å². The van der Waals surface area contributed by atoms with Gasteiger partial charge in [0.2, 0.25) is 0 Å². The molecule has 1 saturated carbocycles. The van der Waals surface area contributed by atoms with E-state index >= 15 is 0 Å². The van der Waals surface area contributed by atoms with E-state index in [1.807, 2.05) is 0 Å². The molecule has 2 aliphatic carbocycles. The van der Waals surface area contributed by atoms with E-state index < -0.39 is 0 Å². The fourth-order valence-corrected chi connectivity index (χ4v) is 3.06. The quantitative estimate of drug-likeness (QED) is 0.704. The summed E-state index contributed by atoms with van der Waals surface area (Å²) < 4.78 is 0. The topological polar surface area (TPSA) is 23.6 Å². The number of nitrogens with zero attached hydrogens (tertiary/aromatic N) is 2. The maximum absolute atomic E-state index is 11.1. The maximum Gasteiger partial charge on any atom is 0.140 e. The summed E-state index contributed by atoms with van der Waals surface area (Å²) in [5, 5.41) is 0. The molecule has 0 amide bonds. The van der Waals surface area contributed by atoms with Gasteiger partial charge in [0.05, 0.1) is 5.54 Å². The Morgan fingerprint density at radius 3 is 2.56 bits per heavy atom. The molecular weight excluding hydrogens is 224 g/mol. The fourth-order valence-electron chi connectivity index (χ4n) is 3.06. The molecule has 98 valence electrons. The van der Waals surface area contributed by atoms with E-state index in [1.165, 1.54) is 19.1 Å². The zero-order valence-electron chi connectivity index (χ0n) is 11.0. The Hall–Kier alpha value is -0.930. The summed E-state index contributed by atoms with van der Waals surface area (Å²) in [7, 11) is 0. The molecule has 0 atom stereocenters. The molecule has 3 aliphatic rings. The Balaban J connectivity index is 1.49. The number of carbonyl (C=O) groups excluding carboxylic acids is 1. The average molecular weight is 246 g/mol. The first kappa shape index (κ1) is 12.1. The van der Waals surface area contributed by atoms with Crippen molar-refractivity contribution in [2.45, 2.75) is 31.2 Å². The van der Waals surface area contributed by atoms with E-state index in [4.69, 9.17) is 0 Å². The molecule has 3 heteroatoms. The van der Waals surface area contributed by atoms with Crippen LogP contribution >= 0.6 is 0 Å². The van der Waals surface area contributed by atoms with Crippen molar-refractivity contribution in [3.05, 3.63) is 23.8 Å². The number of rotatable bonds is 4. The fraction of sp³-hybridized carbons (Fsp3) is 0.667. The monoisotopic (exact) mass is 246 g/mol. The molecule has 2 fully saturated rings. The molecule has 18 heavy (non-hydrogen) atoms. The second kappa shape index (κ2) is 4.98. The number of allylic oxidation sites excluding steroid dienone is 3. The third-order valence-electron chi connectivity index (χ3n) is 4.51. The van der Waals surface area contributed by atoms with Crippen molar-refractivity contribution in [1.82, 2.24) is 9.80 Å². The minimum Gasteiger partial charge on any atom is -0.301 e. The van der Waals surface area contributed by atoms with Gasteiger partial charge in [0.15, 0.2) is 0 Å². The van der Waals surface area contributed by atoms with Gasteiger partial charge in [-0.2, -0.15) is 0 Å². The molecule has 1 aliphatic heterocycles. The van der Waals surface area contributed by atoms with Crippen LogP contribution in [0.1, 0.15) is 25.7 Å². The van der Waals surface area contributed by atoms with Crippen molar-refractivity contribution in [3.8, 4) is 0 Å². The maximum atomic E-state index is 11.1. The van der Waals surface area contributed by atoms with Gasteiger partial charge in [-0.05, 0) is 25.7 Å². The zero-order valence-corrected chi connectivity index (χ0v) is 11.0. The number of hydrogen-bond acceptors (Lipinski definition) is 3. The zero-order chi connectivity index (χ0) is 12.4. The second-order valence-corrected chi connectivity index (χ2v) is 5.78.